The van der Waals surface area contributed by atoms with Gasteiger partial charge in [-0.15, -0.1) is 0 Å². The van der Waals surface area contributed by atoms with Gasteiger partial charge < -0.3 is 10.2 Å². The fraction of sp³-hybridized carbons (Fsp3) is 0.625. The Bertz CT molecular complexity index is 411. The van der Waals surface area contributed by atoms with E-state index < -0.39 is 0 Å². The molecule has 0 aromatic heterocycles. The Morgan fingerprint density at radius 2 is 2.00 bits per heavy atom. The van der Waals surface area contributed by atoms with Crippen molar-refractivity contribution in [2.45, 2.75) is 58.2 Å². The molecule has 0 unspecified atom stereocenters. The molecule has 1 N–H and O–H groups in total. The van der Waals surface area contributed by atoms with Crippen LogP contribution >= 0.6 is 11.6 Å². The summed E-state index contributed by atoms with van der Waals surface area (Å²) in [6, 6.07) is 7.57. The van der Waals surface area contributed by atoms with Crippen LogP contribution in [0, 0.1) is 0 Å². The minimum Gasteiger partial charge on any atom is -0.371 e. The fourth-order valence-corrected chi connectivity index (χ4v) is 2.76. The standard InChI is InChI=1S/C16H25ClN2/c1-4-15(5-2)19(3)16-10-13(17)7-6-12(16)11-18-14-8-9-14/h6-7,10,14-15,18H,4-5,8-9,11H2,1-3H3. The van der Waals surface area contributed by atoms with Gasteiger partial charge >= 0.3 is 0 Å². The molecule has 106 valence electrons. The minimum atomic E-state index is 0.582. The van der Waals surface area contributed by atoms with Gasteiger partial charge in [-0.2, -0.15) is 0 Å². The first-order valence-electron chi connectivity index (χ1n) is 7.40. The fourth-order valence-electron chi connectivity index (χ4n) is 2.59. The van der Waals surface area contributed by atoms with Crippen molar-refractivity contribution in [3.63, 3.8) is 0 Å². The van der Waals surface area contributed by atoms with Crippen LogP contribution in [0.3, 0.4) is 0 Å². The number of hydrogen-bond acceptors (Lipinski definition) is 2. The highest BCUT2D eigenvalue weighted by Gasteiger charge is 2.21. The molecule has 0 amide bonds. The van der Waals surface area contributed by atoms with Crippen molar-refractivity contribution in [1.29, 1.82) is 0 Å². The molecule has 1 aromatic rings. The van der Waals surface area contributed by atoms with Crippen LogP contribution in [0.4, 0.5) is 5.69 Å². The van der Waals surface area contributed by atoms with Gasteiger partial charge in [0.15, 0.2) is 0 Å². The molecular weight excluding hydrogens is 256 g/mol. The molecule has 1 aliphatic rings. The molecule has 19 heavy (non-hydrogen) atoms. The van der Waals surface area contributed by atoms with Crippen LogP contribution < -0.4 is 10.2 Å². The first kappa shape index (κ1) is 14.7. The van der Waals surface area contributed by atoms with E-state index in [4.69, 9.17) is 11.6 Å². The lowest BCUT2D eigenvalue weighted by molar-refractivity contribution is 0.587. The molecule has 0 saturated heterocycles. The van der Waals surface area contributed by atoms with Crippen LogP contribution in [0.1, 0.15) is 45.1 Å². The molecule has 0 heterocycles. The van der Waals surface area contributed by atoms with Crippen LogP contribution in [-0.4, -0.2) is 19.1 Å². The monoisotopic (exact) mass is 280 g/mol. The Labute approximate surface area is 122 Å². The summed E-state index contributed by atoms with van der Waals surface area (Å²) in [4.78, 5) is 2.38. The van der Waals surface area contributed by atoms with E-state index in [9.17, 15) is 0 Å². The molecule has 0 bridgehead atoms. The number of anilines is 1. The van der Waals surface area contributed by atoms with Gasteiger partial charge in [0.05, 0.1) is 0 Å². The van der Waals surface area contributed by atoms with Crippen molar-refractivity contribution < 1.29 is 0 Å². The number of hydrogen-bond donors (Lipinski definition) is 1. The Morgan fingerprint density at radius 1 is 1.32 bits per heavy atom. The molecule has 0 radical (unpaired) electrons. The molecule has 2 rings (SSSR count). The Hall–Kier alpha value is -0.730. The molecule has 1 fully saturated rings. The first-order valence-corrected chi connectivity index (χ1v) is 7.78. The largest absolute Gasteiger partial charge is 0.371 e. The van der Waals surface area contributed by atoms with Gasteiger partial charge in [-0.3, -0.25) is 0 Å². The van der Waals surface area contributed by atoms with Gasteiger partial charge in [-0.25, -0.2) is 0 Å². The highest BCUT2D eigenvalue weighted by molar-refractivity contribution is 6.30. The molecule has 0 atom stereocenters. The van der Waals surface area contributed by atoms with Crippen molar-refractivity contribution in [3.05, 3.63) is 28.8 Å². The predicted octanol–water partition coefficient (Wildman–Crippen LogP) is 4.22. The predicted molar refractivity (Wildman–Crippen MR) is 84.1 cm³/mol. The second-order valence-electron chi connectivity index (χ2n) is 5.51. The zero-order valence-corrected chi connectivity index (χ0v) is 13.0. The minimum absolute atomic E-state index is 0.582. The van der Waals surface area contributed by atoms with Gasteiger partial charge in [0.2, 0.25) is 0 Å². The summed E-state index contributed by atoms with van der Waals surface area (Å²) < 4.78 is 0. The molecule has 3 heteroatoms. The zero-order chi connectivity index (χ0) is 13.8. The van der Waals surface area contributed by atoms with E-state index in [-0.39, 0.29) is 0 Å². The van der Waals surface area contributed by atoms with Crippen molar-refractivity contribution in [1.82, 2.24) is 5.32 Å². The van der Waals surface area contributed by atoms with E-state index in [0.29, 0.717) is 6.04 Å². The topological polar surface area (TPSA) is 15.3 Å². The molecular formula is C16H25ClN2. The normalized spacial score (nSPS) is 15.0. The number of nitrogens with zero attached hydrogens (tertiary/aromatic N) is 1. The van der Waals surface area contributed by atoms with Crippen LogP contribution in [0.15, 0.2) is 18.2 Å². The smallest absolute Gasteiger partial charge is 0.0426 e. The summed E-state index contributed by atoms with van der Waals surface area (Å²) in [5, 5.41) is 4.42. The lowest BCUT2D eigenvalue weighted by Gasteiger charge is -2.30. The van der Waals surface area contributed by atoms with Crippen molar-refractivity contribution in [2.24, 2.45) is 0 Å². The van der Waals surface area contributed by atoms with E-state index in [1.54, 1.807) is 0 Å². The third-order valence-corrected chi connectivity index (χ3v) is 4.31. The van der Waals surface area contributed by atoms with Crippen LogP contribution in [0.25, 0.3) is 0 Å². The van der Waals surface area contributed by atoms with Crippen LogP contribution in [-0.2, 0) is 6.54 Å². The van der Waals surface area contributed by atoms with E-state index >= 15 is 0 Å². The lowest BCUT2D eigenvalue weighted by Crippen LogP contribution is -2.31. The molecule has 1 aliphatic carbocycles. The molecule has 0 spiro atoms. The second-order valence-corrected chi connectivity index (χ2v) is 5.95. The Balaban J connectivity index is 2.16. The number of rotatable bonds is 7. The summed E-state index contributed by atoms with van der Waals surface area (Å²) in [5.41, 5.74) is 2.63. The molecule has 1 aromatic carbocycles. The SMILES string of the molecule is CCC(CC)N(C)c1cc(Cl)ccc1CNC1CC1. The highest BCUT2D eigenvalue weighted by atomic mass is 35.5. The van der Waals surface area contributed by atoms with E-state index in [2.05, 4.69) is 43.2 Å². The zero-order valence-electron chi connectivity index (χ0n) is 12.2. The lowest BCUT2D eigenvalue weighted by atomic mass is 10.1. The first-order chi connectivity index (χ1) is 9.15. The Morgan fingerprint density at radius 3 is 2.58 bits per heavy atom. The van der Waals surface area contributed by atoms with Gasteiger partial charge in [-0.1, -0.05) is 31.5 Å². The average molecular weight is 281 g/mol. The van der Waals surface area contributed by atoms with Gasteiger partial charge in [-0.05, 0) is 43.4 Å². The summed E-state index contributed by atoms with van der Waals surface area (Å²) in [7, 11) is 2.18. The van der Waals surface area contributed by atoms with E-state index in [1.807, 2.05) is 6.07 Å². The number of nitrogens with one attached hydrogen (secondary N) is 1. The number of halogens is 1. The summed E-state index contributed by atoms with van der Waals surface area (Å²) in [6.45, 7) is 5.44. The summed E-state index contributed by atoms with van der Waals surface area (Å²) in [5.74, 6) is 0. The van der Waals surface area contributed by atoms with E-state index in [0.717, 1.165) is 30.5 Å². The average Bonchev–Trinajstić information content (AvgIpc) is 3.22. The summed E-state index contributed by atoms with van der Waals surface area (Å²) in [6.07, 6.45) is 4.97. The third kappa shape index (κ3) is 3.87. The van der Waals surface area contributed by atoms with Crippen molar-refractivity contribution in [2.75, 3.05) is 11.9 Å². The molecule has 0 aliphatic heterocycles. The third-order valence-electron chi connectivity index (χ3n) is 4.08. The highest BCUT2D eigenvalue weighted by Crippen LogP contribution is 2.28. The van der Waals surface area contributed by atoms with Crippen molar-refractivity contribution >= 4 is 17.3 Å². The number of benzene rings is 1. The summed E-state index contributed by atoms with van der Waals surface area (Å²) >= 11 is 6.18. The molecule has 1 saturated carbocycles. The van der Waals surface area contributed by atoms with E-state index in [1.165, 1.54) is 24.1 Å². The van der Waals surface area contributed by atoms with Gasteiger partial charge in [0, 0.05) is 36.4 Å². The quantitative estimate of drug-likeness (QED) is 0.805. The maximum Gasteiger partial charge on any atom is 0.0426 e. The van der Waals surface area contributed by atoms with Crippen molar-refractivity contribution in [3.8, 4) is 0 Å². The second kappa shape index (κ2) is 6.62. The Kier molecular flexibility index (Phi) is 5.12. The van der Waals surface area contributed by atoms with Crippen LogP contribution in [0.5, 0.6) is 0 Å². The van der Waals surface area contributed by atoms with Gasteiger partial charge in [0.25, 0.3) is 0 Å². The van der Waals surface area contributed by atoms with Gasteiger partial charge in [0.1, 0.15) is 0 Å². The maximum absolute atomic E-state index is 6.18. The molecule has 2 nitrogen and oxygen atoms in total. The van der Waals surface area contributed by atoms with Crippen LogP contribution in [0.2, 0.25) is 5.02 Å². The maximum atomic E-state index is 6.18.